The second-order valence-corrected chi connectivity index (χ2v) is 9.35. The minimum absolute atomic E-state index is 0.0310. The third-order valence-corrected chi connectivity index (χ3v) is 7.13. The van der Waals surface area contributed by atoms with Gasteiger partial charge in [0.05, 0.1) is 25.3 Å². The monoisotopic (exact) mass is 476 g/mol. The lowest BCUT2D eigenvalue weighted by Crippen LogP contribution is -2.41. The Hall–Kier alpha value is -3.09. The van der Waals surface area contributed by atoms with E-state index in [0.29, 0.717) is 36.1 Å². The van der Waals surface area contributed by atoms with Crippen LogP contribution < -0.4 is 10.3 Å². The highest BCUT2D eigenvalue weighted by atomic mass is 16.5. The number of hydrogen-bond acceptors (Lipinski definition) is 5. The minimum atomic E-state index is -0.397. The molecule has 1 aliphatic rings. The van der Waals surface area contributed by atoms with Gasteiger partial charge >= 0.3 is 0 Å². The maximum Gasteiger partial charge on any atom is 0.259 e. The van der Waals surface area contributed by atoms with Gasteiger partial charge in [-0.2, -0.15) is 0 Å². The van der Waals surface area contributed by atoms with E-state index in [1.54, 1.807) is 24.9 Å². The van der Waals surface area contributed by atoms with Crippen LogP contribution >= 0.6 is 0 Å². The molecule has 2 aromatic carbocycles. The molecule has 0 spiro atoms. The molecule has 0 saturated carbocycles. The van der Waals surface area contributed by atoms with Crippen molar-refractivity contribution in [1.82, 2.24) is 9.47 Å². The molecule has 1 atom stereocenters. The highest BCUT2D eigenvalue weighted by Crippen LogP contribution is 2.39. The Kier molecular flexibility index (Phi) is 8.26. The van der Waals surface area contributed by atoms with Crippen LogP contribution in [0.5, 0.6) is 11.5 Å². The fourth-order valence-electron chi connectivity index (χ4n) is 5.28. The lowest BCUT2D eigenvalue weighted by molar-refractivity contribution is 0.146. The summed E-state index contributed by atoms with van der Waals surface area (Å²) in [6.07, 6.45) is 3.13. The van der Waals surface area contributed by atoms with Crippen LogP contribution in [0.15, 0.2) is 65.5 Å². The van der Waals surface area contributed by atoms with Crippen molar-refractivity contribution >= 4 is 0 Å². The number of aryl methyl sites for hydroxylation is 1. The number of aromatic nitrogens is 1. The number of aromatic hydroxyl groups is 1. The fraction of sp³-hybridized carbons (Fsp3) is 0.414. The number of likely N-dealkylation sites (tertiary alicyclic amines) is 1. The van der Waals surface area contributed by atoms with Crippen molar-refractivity contribution in [3.63, 3.8) is 0 Å². The third kappa shape index (κ3) is 5.60. The zero-order valence-corrected chi connectivity index (χ0v) is 20.9. The summed E-state index contributed by atoms with van der Waals surface area (Å²) in [7, 11) is 3.27. The quantitative estimate of drug-likeness (QED) is 0.491. The molecule has 1 fully saturated rings. The fourth-order valence-corrected chi connectivity index (χ4v) is 5.28. The second-order valence-electron chi connectivity index (χ2n) is 9.35. The lowest BCUT2D eigenvalue weighted by Gasteiger charge is -2.38. The van der Waals surface area contributed by atoms with Crippen molar-refractivity contribution < 1.29 is 14.6 Å². The maximum absolute atomic E-state index is 13.8. The normalized spacial score (nSPS) is 15.7. The molecule has 1 saturated heterocycles. The van der Waals surface area contributed by atoms with E-state index in [1.807, 2.05) is 31.2 Å². The third-order valence-electron chi connectivity index (χ3n) is 7.13. The van der Waals surface area contributed by atoms with Gasteiger partial charge in [0.1, 0.15) is 11.5 Å². The van der Waals surface area contributed by atoms with Gasteiger partial charge in [0.2, 0.25) is 0 Å². The van der Waals surface area contributed by atoms with Crippen LogP contribution in [0.25, 0.3) is 0 Å². The highest BCUT2D eigenvalue weighted by molar-refractivity contribution is 5.46. The van der Waals surface area contributed by atoms with E-state index >= 15 is 0 Å². The van der Waals surface area contributed by atoms with E-state index in [9.17, 15) is 9.90 Å². The number of para-hydroxylation sites is 1. The lowest BCUT2D eigenvalue weighted by atomic mass is 9.87. The Morgan fingerprint density at radius 2 is 1.71 bits per heavy atom. The molecule has 1 aromatic heterocycles. The number of hydrogen-bond donors (Lipinski definition) is 1. The number of ether oxygens (including phenoxy) is 2. The number of benzene rings is 2. The molecule has 3 aromatic rings. The van der Waals surface area contributed by atoms with Crippen molar-refractivity contribution in [2.24, 2.45) is 5.92 Å². The standard InChI is InChI=1S/C29H36N2O4/c1-21-19-25(32)27(29(33)31(21)17-18-34-2)28(24-11-7-8-12-26(24)35-3)30-15-13-23(14-16-30)20-22-9-5-4-6-10-22/h4-12,19,23,28,32H,13-18,20H2,1-3H3. The summed E-state index contributed by atoms with van der Waals surface area (Å²) in [4.78, 5) is 16.1. The van der Waals surface area contributed by atoms with Crippen LogP contribution in [0, 0.1) is 12.8 Å². The summed E-state index contributed by atoms with van der Waals surface area (Å²) in [5.74, 6) is 1.34. The molecule has 1 unspecified atom stereocenters. The smallest absolute Gasteiger partial charge is 0.259 e. The molecule has 0 amide bonds. The van der Waals surface area contributed by atoms with Gasteiger partial charge in [-0.3, -0.25) is 9.69 Å². The first-order valence-electron chi connectivity index (χ1n) is 12.4. The largest absolute Gasteiger partial charge is 0.507 e. The molecule has 0 aliphatic carbocycles. The summed E-state index contributed by atoms with van der Waals surface area (Å²) in [6.45, 7) is 4.38. The topological polar surface area (TPSA) is 63.9 Å². The zero-order valence-electron chi connectivity index (χ0n) is 20.9. The maximum atomic E-state index is 13.8. The van der Waals surface area contributed by atoms with E-state index in [4.69, 9.17) is 9.47 Å². The Labute approximate surface area is 207 Å². The van der Waals surface area contributed by atoms with Crippen molar-refractivity contribution in [1.29, 1.82) is 0 Å². The van der Waals surface area contributed by atoms with E-state index in [0.717, 1.165) is 37.9 Å². The van der Waals surface area contributed by atoms with Crippen molar-refractivity contribution in [2.45, 2.75) is 38.8 Å². The number of nitrogens with zero attached hydrogens (tertiary/aromatic N) is 2. The molecule has 1 aliphatic heterocycles. The van der Waals surface area contributed by atoms with Crippen LogP contribution in [-0.4, -0.2) is 48.5 Å². The molecule has 2 heterocycles. The van der Waals surface area contributed by atoms with Gasteiger partial charge < -0.3 is 19.1 Å². The van der Waals surface area contributed by atoms with E-state index in [1.165, 1.54) is 5.56 Å². The Morgan fingerprint density at radius 3 is 2.40 bits per heavy atom. The van der Waals surface area contributed by atoms with Gasteiger partial charge in [-0.1, -0.05) is 48.5 Å². The Morgan fingerprint density at radius 1 is 1.03 bits per heavy atom. The van der Waals surface area contributed by atoms with E-state index in [-0.39, 0.29) is 11.3 Å². The van der Waals surface area contributed by atoms with Crippen LogP contribution in [0.3, 0.4) is 0 Å². The van der Waals surface area contributed by atoms with Crippen LogP contribution in [0.4, 0.5) is 0 Å². The van der Waals surface area contributed by atoms with Crippen LogP contribution in [-0.2, 0) is 17.7 Å². The summed E-state index contributed by atoms with van der Waals surface area (Å²) in [6, 6.07) is 19.7. The number of pyridine rings is 1. The van der Waals surface area contributed by atoms with Crippen molar-refractivity contribution in [3.05, 3.63) is 93.4 Å². The molecule has 1 N–H and O–H groups in total. The predicted octanol–water partition coefficient (Wildman–Crippen LogP) is 4.56. The SMILES string of the molecule is COCCn1c(C)cc(O)c(C(c2ccccc2OC)N2CCC(Cc3ccccc3)CC2)c1=O. The second kappa shape index (κ2) is 11.6. The average molecular weight is 477 g/mol. The van der Waals surface area contributed by atoms with Crippen molar-refractivity contribution in [3.8, 4) is 11.5 Å². The van der Waals surface area contributed by atoms with Crippen molar-refractivity contribution in [2.75, 3.05) is 33.9 Å². The summed E-state index contributed by atoms with van der Waals surface area (Å²) < 4.78 is 12.6. The average Bonchev–Trinajstić information content (AvgIpc) is 2.87. The first kappa shape index (κ1) is 25.0. The molecule has 0 bridgehead atoms. The van der Waals surface area contributed by atoms with E-state index in [2.05, 4.69) is 35.2 Å². The van der Waals surface area contributed by atoms with Gasteiger partial charge in [-0.25, -0.2) is 0 Å². The molecular weight excluding hydrogens is 440 g/mol. The van der Waals surface area contributed by atoms with Crippen LogP contribution in [0.2, 0.25) is 0 Å². The predicted molar refractivity (Wildman–Crippen MR) is 138 cm³/mol. The molecule has 4 rings (SSSR count). The minimum Gasteiger partial charge on any atom is -0.507 e. The summed E-state index contributed by atoms with van der Waals surface area (Å²) in [5, 5.41) is 11.1. The zero-order chi connectivity index (χ0) is 24.8. The number of piperidine rings is 1. The van der Waals surface area contributed by atoms with Gasteiger partial charge in [0.15, 0.2) is 0 Å². The number of rotatable bonds is 9. The molecule has 0 radical (unpaired) electrons. The summed E-state index contributed by atoms with van der Waals surface area (Å²) >= 11 is 0. The molecule has 186 valence electrons. The summed E-state index contributed by atoms with van der Waals surface area (Å²) in [5.41, 5.74) is 3.20. The molecular formula is C29H36N2O4. The van der Waals surface area contributed by atoms with Gasteiger partial charge in [0.25, 0.3) is 5.56 Å². The first-order valence-corrected chi connectivity index (χ1v) is 12.4. The molecule has 6 nitrogen and oxygen atoms in total. The first-order chi connectivity index (χ1) is 17.0. The Bertz CT molecular complexity index is 1170. The number of methoxy groups -OCH3 is 2. The molecule has 35 heavy (non-hydrogen) atoms. The van der Waals surface area contributed by atoms with Gasteiger partial charge in [-0.05, 0) is 62.9 Å². The van der Waals surface area contributed by atoms with Gasteiger partial charge in [-0.15, -0.1) is 0 Å². The molecule has 6 heteroatoms. The van der Waals surface area contributed by atoms with E-state index < -0.39 is 6.04 Å². The Balaban J connectivity index is 1.70. The highest BCUT2D eigenvalue weighted by Gasteiger charge is 2.33. The van der Waals surface area contributed by atoms with Gasteiger partial charge in [0, 0.05) is 24.9 Å². The van der Waals surface area contributed by atoms with Crippen LogP contribution in [0.1, 0.15) is 41.3 Å².